The van der Waals surface area contributed by atoms with Gasteiger partial charge >= 0.3 is 0 Å². The number of rotatable bonds is 4. The maximum absolute atomic E-state index is 13.1. The lowest BCUT2D eigenvalue weighted by Crippen LogP contribution is -2.38. The van der Waals surface area contributed by atoms with Crippen LogP contribution in [0, 0.1) is 0 Å². The highest BCUT2D eigenvalue weighted by Crippen LogP contribution is 2.42. The molecule has 1 saturated carbocycles. The summed E-state index contributed by atoms with van der Waals surface area (Å²) < 4.78 is 23.4. The molecule has 0 bridgehead atoms. The molecule has 0 atom stereocenters. The number of carbonyl (C=O) groups is 1. The first-order valence-corrected chi connectivity index (χ1v) is 10.5. The van der Waals surface area contributed by atoms with Gasteiger partial charge < -0.3 is 5.32 Å². The zero-order valence-electron chi connectivity index (χ0n) is 14.0. The number of amides is 1. The first kappa shape index (κ1) is 18.0. The number of nitrogens with one attached hydrogen (secondary N) is 1. The van der Waals surface area contributed by atoms with Crippen molar-refractivity contribution in [3.05, 3.63) is 59.1 Å². The third kappa shape index (κ3) is 3.72. The Kier molecular flexibility index (Phi) is 4.89. The molecule has 2 aromatic rings. The molecule has 0 radical (unpaired) electrons. The zero-order valence-corrected chi connectivity index (χ0v) is 15.5. The van der Waals surface area contributed by atoms with Gasteiger partial charge in [-0.2, -0.15) is 0 Å². The third-order valence-electron chi connectivity index (χ3n) is 4.81. The molecule has 1 aliphatic rings. The van der Waals surface area contributed by atoms with E-state index in [1.807, 2.05) is 12.1 Å². The van der Waals surface area contributed by atoms with E-state index in [1.54, 1.807) is 24.3 Å². The summed E-state index contributed by atoms with van der Waals surface area (Å²) in [5.74, 6) is -0.0991. The molecule has 3 rings (SSSR count). The van der Waals surface area contributed by atoms with E-state index in [9.17, 15) is 13.2 Å². The minimum absolute atomic E-state index is 0.0991. The van der Waals surface area contributed by atoms with Crippen molar-refractivity contribution in [2.75, 3.05) is 11.6 Å². The molecular weight excluding hydrogens is 358 g/mol. The van der Waals surface area contributed by atoms with Gasteiger partial charge in [0.1, 0.15) is 0 Å². The monoisotopic (exact) mass is 377 g/mol. The highest BCUT2D eigenvalue weighted by atomic mass is 35.5. The van der Waals surface area contributed by atoms with Gasteiger partial charge in [0.25, 0.3) is 0 Å². The Hall–Kier alpha value is -1.85. The van der Waals surface area contributed by atoms with Crippen molar-refractivity contribution < 1.29 is 13.2 Å². The van der Waals surface area contributed by atoms with Crippen molar-refractivity contribution >= 4 is 33.0 Å². The molecule has 0 aliphatic heterocycles. The fourth-order valence-corrected chi connectivity index (χ4v) is 4.24. The lowest BCUT2D eigenvalue weighted by Gasteiger charge is -2.28. The van der Waals surface area contributed by atoms with Gasteiger partial charge in [0, 0.05) is 17.0 Å². The average Bonchev–Trinajstić information content (AvgIpc) is 3.06. The van der Waals surface area contributed by atoms with Gasteiger partial charge in [0.05, 0.1) is 10.3 Å². The average molecular weight is 378 g/mol. The smallest absolute Gasteiger partial charge is 0.235 e. The lowest BCUT2D eigenvalue weighted by molar-refractivity contribution is -0.121. The van der Waals surface area contributed by atoms with Gasteiger partial charge in [-0.15, -0.1) is 0 Å². The minimum atomic E-state index is -3.32. The number of hydrogen-bond donors (Lipinski definition) is 1. The minimum Gasteiger partial charge on any atom is -0.325 e. The van der Waals surface area contributed by atoms with E-state index < -0.39 is 15.3 Å². The second-order valence-corrected chi connectivity index (χ2v) is 9.00. The molecule has 1 fully saturated rings. The van der Waals surface area contributed by atoms with Gasteiger partial charge in [-0.1, -0.05) is 42.6 Å². The standard InChI is InChI=1S/C19H20ClNO3S/c1-25(23,24)17-6-4-5-16(13-17)21-18(22)19(11-2-3-12-19)14-7-9-15(20)10-8-14/h4-10,13H,2-3,11-12H2,1H3,(H,21,22). The highest BCUT2D eigenvalue weighted by molar-refractivity contribution is 7.90. The van der Waals surface area contributed by atoms with Crippen LogP contribution in [-0.2, 0) is 20.0 Å². The maximum Gasteiger partial charge on any atom is 0.235 e. The van der Waals surface area contributed by atoms with E-state index in [4.69, 9.17) is 11.6 Å². The number of halogens is 1. The van der Waals surface area contributed by atoms with E-state index in [2.05, 4.69) is 5.32 Å². The van der Waals surface area contributed by atoms with Crippen molar-refractivity contribution in [2.45, 2.75) is 36.0 Å². The predicted molar refractivity (Wildman–Crippen MR) is 99.8 cm³/mol. The van der Waals surface area contributed by atoms with Crippen LogP contribution in [0.2, 0.25) is 5.02 Å². The van der Waals surface area contributed by atoms with E-state index in [0.717, 1.165) is 37.5 Å². The Balaban J connectivity index is 1.91. The fourth-order valence-electron chi connectivity index (χ4n) is 3.45. The van der Waals surface area contributed by atoms with Gasteiger partial charge in [-0.25, -0.2) is 8.42 Å². The van der Waals surface area contributed by atoms with Gasteiger partial charge in [-0.3, -0.25) is 4.79 Å². The van der Waals surface area contributed by atoms with Crippen molar-refractivity contribution in [2.24, 2.45) is 0 Å². The Morgan fingerprint density at radius 1 is 1.08 bits per heavy atom. The van der Waals surface area contributed by atoms with Crippen LogP contribution in [0.15, 0.2) is 53.4 Å². The Morgan fingerprint density at radius 3 is 2.32 bits per heavy atom. The SMILES string of the molecule is CS(=O)(=O)c1cccc(NC(=O)C2(c3ccc(Cl)cc3)CCCC2)c1. The van der Waals surface area contributed by atoms with E-state index in [-0.39, 0.29) is 10.8 Å². The molecule has 2 aromatic carbocycles. The molecule has 1 aliphatic carbocycles. The number of sulfone groups is 1. The molecule has 132 valence electrons. The van der Waals surface area contributed by atoms with Crippen LogP contribution in [0.25, 0.3) is 0 Å². The van der Waals surface area contributed by atoms with Crippen molar-refractivity contribution in [1.82, 2.24) is 0 Å². The summed E-state index contributed by atoms with van der Waals surface area (Å²) in [7, 11) is -3.32. The molecule has 0 aromatic heterocycles. The molecule has 4 nitrogen and oxygen atoms in total. The lowest BCUT2D eigenvalue weighted by atomic mass is 9.78. The van der Waals surface area contributed by atoms with Crippen LogP contribution in [-0.4, -0.2) is 20.6 Å². The number of carbonyl (C=O) groups excluding carboxylic acids is 1. The molecule has 6 heteroatoms. The van der Waals surface area contributed by atoms with Crippen molar-refractivity contribution in [3.63, 3.8) is 0 Å². The van der Waals surface area contributed by atoms with Crippen LogP contribution < -0.4 is 5.32 Å². The quantitative estimate of drug-likeness (QED) is 0.868. The molecule has 0 unspecified atom stereocenters. The maximum atomic E-state index is 13.1. The highest BCUT2D eigenvalue weighted by Gasteiger charge is 2.42. The largest absolute Gasteiger partial charge is 0.325 e. The third-order valence-corrected chi connectivity index (χ3v) is 6.17. The van der Waals surface area contributed by atoms with Crippen LogP contribution in [0.5, 0.6) is 0 Å². The second-order valence-electron chi connectivity index (χ2n) is 6.55. The molecule has 1 N–H and O–H groups in total. The normalized spacial score (nSPS) is 16.6. The predicted octanol–water partition coefficient (Wildman–Crippen LogP) is 4.19. The van der Waals surface area contributed by atoms with E-state index >= 15 is 0 Å². The Morgan fingerprint density at radius 2 is 1.72 bits per heavy atom. The first-order valence-electron chi connectivity index (χ1n) is 8.19. The van der Waals surface area contributed by atoms with Crippen molar-refractivity contribution in [1.29, 1.82) is 0 Å². The van der Waals surface area contributed by atoms with Gasteiger partial charge in [-0.05, 0) is 48.7 Å². The molecule has 0 heterocycles. The zero-order chi connectivity index (χ0) is 18.1. The van der Waals surface area contributed by atoms with Crippen LogP contribution in [0.1, 0.15) is 31.2 Å². The summed E-state index contributed by atoms with van der Waals surface area (Å²) in [6.45, 7) is 0. The summed E-state index contributed by atoms with van der Waals surface area (Å²) in [5.41, 5.74) is 0.852. The van der Waals surface area contributed by atoms with Gasteiger partial charge in [0.2, 0.25) is 5.91 Å². The number of anilines is 1. The van der Waals surface area contributed by atoms with Gasteiger partial charge in [0.15, 0.2) is 9.84 Å². The number of hydrogen-bond acceptors (Lipinski definition) is 3. The second kappa shape index (κ2) is 6.81. The molecule has 25 heavy (non-hydrogen) atoms. The molecule has 0 spiro atoms. The summed E-state index contributed by atoms with van der Waals surface area (Å²) in [6, 6.07) is 13.8. The summed E-state index contributed by atoms with van der Waals surface area (Å²) in [5, 5.41) is 3.55. The molecular formula is C19H20ClNO3S. The molecule has 1 amide bonds. The Bertz CT molecular complexity index is 885. The fraction of sp³-hybridized carbons (Fsp3) is 0.316. The first-order chi connectivity index (χ1) is 11.8. The summed E-state index contributed by atoms with van der Waals surface area (Å²) >= 11 is 5.98. The summed E-state index contributed by atoms with van der Waals surface area (Å²) in [6.07, 6.45) is 4.66. The van der Waals surface area contributed by atoms with Crippen LogP contribution in [0.3, 0.4) is 0 Å². The van der Waals surface area contributed by atoms with Crippen molar-refractivity contribution in [3.8, 4) is 0 Å². The molecule has 0 saturated heterocycles. The number of benzene rings is 2. The topological polar surface area (TPSA) is 63.2 Å². The van der Waals surface area contributed by atoms with Crippen LogP contribution in [0.4, 0.5) is 5.69 Å². The van der Waals surface area contributed by atoms with E-state index in [0.29, 0.717) is 10.7 Å². The van der Waals surface area contributed by atoms with E-state index in [1.165, 1.54) is 12.1 Å². The van der Waals surface area contributed by atoms with Crippen LogP contribution >= 0.6 is 11.6 Å². The summed E-state index contributed by atoms with van der Waals surface area (Å²) in [4.78, 5) is 13.3. The Labute approximate surface area is 153 Å².